The van der Waals surface area contributed by atoms with Crippen molar-refractivity contribution in [3.8, 4) is 0 Å². The monoisotopic (exact) mass is 544 g/mol. The van der Waals surface area contributed by atoms with Gasteiger partial charge in [0.15, 0.2) is 0 Å². The Morgan fingerprint density at radius 2 is 0.931 bits per heavy atom. The molecule has 0 spiro atoms. The van der Waals surface area contributed by atoms with E-state index in [1.807, 2.05) is 18.2 Å². The second-order valence-corrected chi connectivity index (χ2v) is 14.8. The summed E-state index contributed by atoms with van der Waals surface area (Å²) < 4.78 is 0. The van der Waals surface area contributed by atoms with E-state index in [2.05, 4.69) is 19.1 Å². The molecule has 1 aromatic rings. The number of hydrogen-bond acceptors (Lipinski definition) is 0. The van der Waals surface area contributed by atoms with E-state index in [0.717, 1.165) is 0 Å². The fraction of sp³-hybridized carbons (Fsp3) is 0.760. The molecule has 3 aliphatic rings. The number of aryl methyl sites for hydroxylation is 1. The molecule has 0 radical (unpaired) electrons. The van der Waals surface area contributed by atoms with E-state index in [9.17, 15) is 0 Å². The molecule has 0 aromatic heterocycles. The van der Waals surface area contributed by atoms with Crippen molar-refractivity contribution < 1.29 is 15.1 Å². The van der Waals surface area contributed by atoms with Gasteiger partial charge in [0, 0.05) is 0 Å². The van der Waals surface area contributed by atoms with E-state index < -0.39 is 0 Å². The zero-order valence-electron chi connectivity index (χ0n) is 18.3. The van der Waals surface area contributed by atoms with Crippen molar-refractivity contribution in [2.45, 2.75) is 120 Å². The number of rotatable bonds is 3. The van der Waals surface area contributed by atoms with Gasteiger partial charge in [-0.15, -0.1) is 0 Å². The molecule has 0 aliphatic heterocycles. The maximum atomic E-state index is 4.85. The Bertz CT molecular complexity index is 452. The number of hydrogen-bond donors (Lipinski definition) is 0. The summed E-state index contributed by atoms with van der Waals surface area (Å²) >= 11 is -0.346. The molecule has 0 unspecified atom stereocenters. The van der Waals surface area contributed by atoms with E-state index in [1.165, 1.54) is 41.8 Å². The van der Waals surface area contributed by atoms with Gasteiger partial charge in [-0.25, -0.2) is 0 Å². The predicted octanol–water partition coefficient (Wildman–Crippen LogP) is 9.84. The van der Waals surface area contributed by atoms with Crippen LogP contribution in [0, 0.1) is 6.92 Å². The molecule has 0 N–H and O–H groups in total. The third-order valence-electron chi connectivity index (χ3n) is 6.93. The van der Waals surface area contributed by atoms with Gasteiger partial charge >= 0.3 is 34.5 Å². The quantitative estimate of drug-likeness (QED) is 0.262. The Morgan fingerprint density at radius 1 is 0.621 bits per heavy atom. The molecule has 3 aliphatic carbocycles. The molecular weight excluding hydrogens is 503 g/mol. The Hall–Kier alpha value is 0.853. The van der Waals surface area contributed by atoms with E-state index in [-0.39, 0.29) is 15.1 Å². The second kappa shape index (κ2) is 16.5. The van der Waals surface area contributed by atoms with Crippen LogP contribution < -0.4 is 0 Å². The van der Waals surface area contributed by atoms with Gasteiger partial charge in [-0.2, -0.15) is 0 Å². The van der Waals surface area contributed by atoms with E-state index in [1.54, 1.807) is 77.0 Å². The van der Waals surface area contributed by atoms with Crippen molar-refractivity contribution in [1.82, 2.24) is 0 Å². The summed E-state index contributed by atoms with van der Waals surface area (Å²) in [6, 6.07) is 10.3. The van der Waals surface area contributed by atoms with Crippen molar-refractivity contribution in [1.29, 1.82) is 0 Å². The molecule has 1 aromatic carbocycles. The van der Waals surface area contributed by atoms with Gasteiger partial charge in [-0.05, 0) is 62.4 Å². The number of halogens is 2. The molecule has 4 rings (SSSR count). The molecule has 29 heavy (non-hydrogen) atoms. The number of benzene rings is 1. The maximum absolute atomic E-state index is 4.85. The summed E-state index contributed by atoms with van der Waals surface area (Å²) in [5.41, 5.74) is 4.89. The topological polar surface area (TPSA) is 0 Å². The molecule has 3 fully saturated rings. The first-order valence-electron chi connectivity index (χ1n) is 11.9. The van der Waals surface area contributed by atoms with Crippen LogP contribution in [0.4, 0.5) is 0 Å². The molecule has 168 valence electrons. The molecule has 0 atom stereocenters. The minimum absolute atomic E-state index is 0.346. The van der Waals surface area contributed by atoms with E-state index >= 15 is 0 Å². The van der Waals surface area contributed by atoms with Crippen LogP contribution in [-0.2, 0) is 15.1 Å². The van der Waals surface area contributed by atoms with Crippen LogP contribution in [0.5, 0.6) is 0 Å². The van der Waals surface area contributed by atoms with Gasteiger partial charge in [0.2, 0.25) is 0 Å². The molecular formula is C25H41Cl2PRu. The van der Waals surface area contributed by atoms with Gasteiger partial charge in [0.1, 0.15) is 0 Å². The SMILES string of the molecule is C1CCC(P(C2CCCCC2)C2CCCCC2)CC1.Cc1ccccc1.[Cl][Ru][Cl]. The average Bonchev–Trinajstić information content (AvgIpc) is 2.78. The third kappa shape index (κ3) is 10.3. The molecule has 4 heteroatoms. The van der Waals surface area contributed by atoms with Gasteiger partial charge in [-0.1, -0.05) is 102 Å². The van der Waals surface area contributed by atoms with E-state index in [4.69, 9.17) is 19.4 Å². The van der Waals surface area contributed by atoms with Crippen molar-refractivity contribution in [3.63, 3.8) is 0 Å². The van der Waals surface area contributed by atoms with Crippen LogP contribution in [0.3, 0.4) is 0 Å². The normalized spacial score (nSPS) is 21.8. The first kappa shape index (κ1) is 26.1. The summed E-state index contributed by atoms with van der Waals surface area (Å²) in [4.78, 5) is 0. The Balaban J connectivity index is 0.000000250. The summed E-state index contributed by atoms with van der Waals surface area (Å²) in [6.07, 6.45) is 23.6. The summed E-state index contributed by atoms with van der Waals surface area (Å²) in [7, 11) is 10.1. The summed E-state index contributed by atoms with van der Waals surface area (Å²) in [5.74, 6) is 0. The van der Waals surface area contributed by atoms with Crippen LogP contribution in [0.15, 0.2) is 30.3 Å². The summed E-state index contributed by atoms with van der Waals surface area (Å²) in [6.45, 7) is 2.08. The summed E-state index contributed by atoms with van der Waals surface area (Å²) in [5, 5.41) is 0. The van der Waals surface area contributed by atoms with Crippen molar-refractivity contribution in [3.05, 3.63) is 35.9 Å². The van der Waals surface area contributed by atoms with Crippen LogP contribution in [0.2, 0.25) is 0 Å². The molecule has 0 bridgehead atoms. The van der Waals surface area contributed by atoms with Crippen LogP contribution in [0.1, 0.15) is 102 Å². The Kier molecular flexibility index (Phi) is 14.8. The molecule has 0 nitrogen and oxygen atoms in total. The average molecular weight is 545 g/mol. The predicted molar refractivity (Wildman–Crippen MR) is 130 cm³/mol. The fourth-order valence-electron chi connectivity index (χ4n) is 5.57. The zero-order chi connectivity index (χ0) is 20.7. The Morgan fingerprint density at radius 3 is 1.17 bits per heavy atom. The molecule has 0 saturated heterocycles. The van der Waals surface area contributed by atoms with E-state index in [0.29, 0.717) is 7.92 Å². The first-order chi connectivity index (χ1) is 14.3. The second-order valence-electron chi connectivity index (χ2n) is 9.03. The van der Waals surface area contributed by atoms with Crippen LogP contribution >= 0.6 is 27.3 Å². The van der Waals surface area contributed by atoms with Gasteiger partial charge in [-0.3, -0.25) is 0 Å². The standard InChI is InChI=1S/C18H33P.C7H8.2ClH.Ru/c1-4-10-16(11-5-1)19(17-12-6-2-7-13-17)18-14-8-3-9-15-18;1-7-5-3-2-4-6-7;;;/h16-18H,1-15H2;2-6H,1H3;2*1H;/q;;;;+2/p-2. The van der Waals surface area contributed by atoms with Crippen molar-refractivity contribution >= 4 is 27.3 Å². The molecule has 0 amide bonds. The van der Waals surface area contributed by atoms with Crippen molar-refractivity contribution in [2.75, 3.05) is 0 Å². The van der Waals surface area contributed by atoms with Crippen LogP contribution in [-0.4, -0.2) is 17.0 Å². The Labute approximate surface area is 197 Å². The van der Waals surface area contributed by atoms with Gasteiger partial charge in [0.05, 0.1) is 0 Å². The fourth-order valence-corrected chi connectivity index (χ4v) is 10.2. The molecule has 0 heterocycles. The van der Waals surface area contributed by atoms with Crippen LogP contribution in [0.25, 0.3) is 0 Å². The van der Waals surface area contributed by atoms with Gasteiger partial charge < -0.3 is 0 Å². The van der Waals surface area contributed by atoms with Crippen molar-refractivity contribution in [2.24, 2.45) is 0 Å². The minimum atomic E-state index is -0.346. The first-order valence-corrected chi connectivity index (χ1v) is 17.9. The zero-order valence-corrected chi connectivity index (χ0v) is 22.4. The molecule has 3 saturated carbocycles. The third-order valence-corrected chi connectivity index (χ3v) is 11.0. The van der Waals surface area contributed by atoms with Gasteiger partial charge in [0.25, 0.3) is 0 Å².